The Labute approximate surface area is 180 Å². The van der Waals surface area contributed by atoms with Crippen molar-refractivity contribution in [1.82, 2.24) is 15.2 Å². The second-order valence-electron chi connectivity index (χ2n) is 7.54. The molecule has 0 radical (unpaired) electrons. The Morgan fingerprint density at radius 3 is 2.50 bits per heavy atom. The highest BCUT2D eigenvalue weighted by molar-refractivity contribution is 7.10. The predicted molar refractivity (Wildman–Crippen MR) is 121 cm³/mol. The van der Waals surface area contributed by atoms with E-state index < -0.39 is 0 Å². The first-order valence-electron chi connectivity index (χ1n) is 10.2. The third-order valence-electron chi connectivity index (χ3n) is 5.42. The van der Waals surface area contributed by atoms with Crippen molar-refractivity contribution in [3.05, 3.63) is 86.5 Å². The standard InChI is InChI=1S/C23H26N4O2S/c1-17(21-8-5-15-30-21)24-22(28)20-10-9-18(25-23(20)29)16-26-11-13-27(14-12-26)19-6-3-2-4-7-19/h2-10,15,17H,11-14,16H2,1H3,(H,24,28)(H,25,29). The summed E-state index contributed by atoms with van der Waals surface area (Å²) in [5, 5.41) is 4.87. The second-order valence-corrected chi connectivity index (χ2v) is 8.51. The number of carbonyl (C=O) groups excluding carboxylic acids is 1. The van der Waals surface area contributed by atoms with Gasteiger partial charge >= 0.3 is 0 Å². The molecule has 2 aromatic heterocycles. The molecule has 3 aromatic rings. The van der Waals surface area contributed by atoms with Crippen LogP contribution < -0.4 is 15.8 Å². The number of carbonyl (C=O) groups is 1. The molecule has 1 amide bonds. The van der Waals surface area contributed by atoms with Crippen molar-refractivity contribution in [2.45, 2.75) is 19.5 Å². The summed E-state index contributed by atoms with van der Waals surface area (Å²) in [7, 11) is 0. The average Bonchev–Trinajstić information content (AvgIpc) is 3.30. The van der Waals surface area contributed by atoms with Gasteiger partial charge in [0.15, 0.2) is 0 Å². The highest BCUT2D eigenvalue weighted by atomic mass is 32.1. The van der Waals surface area contributed by atoms with Gasteiger partial charge in [0.1, 0.15) is 5.56 Å². The summed E-state index contributed by atoms with van der Waals surface area (Å²) >= 11 is 1.58. The number of aromatic amines is 1. The summed E-state index contributed by atoms with van der Waals surface area (Å²) in [5.41, 5.74) is 1.89. The molecule has 0 bridgehead atoms. The Morgan fingerprint density at radius 1 is 1.07 bits per heavy atom. The number of amides is 1. The molecule has 1 aliphatic rings. The normalized spacial score (nSPS) is 15.7. The van der Waals surface area contributed by atoms with Crippen LogP contribution in [0.15, 0.2) is 64.8 Å². The number of nitrogens with zero attached hydrogens (tertiary/aromatic N) is 2. The summed E-state index contributed by atoms with van der Waals surface area (Å²) in [6.07, 6.45) is 0. The van der Waals surface area contributed by atoms with E-state index in [0.717, 1.165) is 36.8 Å². The molecular formula is C23H26N4O2S. The van der Waals surface area contributed by atoms with Crippen LogP contribution in [0.5, 0.6) is 0 Å². The Morgan fingerprint density at radius 2 is 1.83 bits per heavy atom. The van der Waals surface area contributed by atoms with E-state index in [1.807, 2.05) is 36.6 Å². The van der Waals surface area contributed by atoms with E-state index in [9.17, 15) is 9.59 Å². The number of piperazine rings is 1. The SMILES string of the molecule is CC(NC(=O)c1ccc(CN2CCN(c3ccccc3)CC2)[nH]c1=O)c1cccs1. The van der Waals surface area contributed by atoms with E-state index in [1.165, 1.54) is 5.69 Å². The van der Waals surface area contributed by atoms with Gasteiger partial charge < -0.3 is 15.2 Å². The molecule has 2 N–H and O–H groups in total. The molecule has 0 spiro atoms. The number of aromatic nitrogens is 1. The van der Waals surface area contributed by atoms with Crippen LogP contribution in [0.25, 0.3) is 0 Å². The number of rotatable bonds is 6. The van der Waals surface area contributed by atoms with Crippen LogP contribution in [0.3, 0.4) is 0 Å². The molecular weight excluding hydrogens is 396 g/mol. The number of nitrogens with one attached hydrogen (secondary N) is 2. The number of hydrogen-bond acceptors (Lipinski definition) is 5. The highest BCUT2D eigenvalue weighted by Crippen LogP contribution is 2.19. The van der Waals surface area contributed by atoms with Crippen molar-refractivity contribution in [2.24, 2.45) is 0 Å². The monoisotopic (exact) mass is 422 g/mol. The Hall–Kier alpha value is -2.90. The van der Waals surface area contributed by atoms with Gasteiger partial charge in [0.05, 0.1) is 6.04 Å². The molecule has 1 unspecified atom stereocenters. The molecule has 7 heteroatoms. The molecule has 1 aliphatic heterocycles. The fourth-order valence-corrected chi connectivity index (χ4v) is 4.45. The lowest BCUT2D eigenvalue weighted by molar-refractivity contribution is 0.0939. The minimum atomic E-state index is -0.347. The molecule has 0 aliphatic carbocycles. The summed E-state index contributed by atoms with van der Waals surface area (Å²) in [6.45, 7) is 6.35. The van der Waals surface area contributed by atoms with Gasteiger partial charge in [-0.25, -0.2) is 0 Å². The molecule has 1 aromatic carbocycles. The van der Waals surface area contributed by atoms with Crippen LogP contribution in [0.1, 0.15) is 33.9 Å². The van der Waals surface area contributed by atoms with Crippen molar-refractivity contribution in [2.75, 3.05) is 31.1 Å². The zero-order valence-corrected chi connectivity index (χ0v) is 17.8. The lowest BCUT2D eigenvalue weighted by atomic mass is 10.2. The maximum Gasteiger partial charge on any atom is 0.261 e. The molecule has 0 saturated carbocycles. The number of anilines is 1. The van der Waals surface area contributed by atoms with Gasteiger partial charge in [-0.3, -0.25) is 14.5 Å². The Balaban J connectivity index is 1.33. The van der Waals surface area contributed by atoms with Crippen molar-refractivity contribution < 1.29 is 4.79 Å². The van der Waals surface area contributed by atoms with E-state index in [2.05, 4.69) is 44.4 Å². The van der Waals surface area contributed by atoms with E-state index >= 15 is 0 Å². The summed E-state index contributed by atoms with van der Waals surface area (Å²) in [4.78, 5) is 33.6. The van der Waals surface area contributed by atoms with Gasteiger partial charge in [0, 0.05) is 49.0 Å². The minimum Gasteiger partial charge on any atom is -0.369 e. The average molecular weight is 423 g/mol. The quantitative estimate of drug-likeness (QED) is 0.640. The van der Waals surface area contributed by atoms with Crippen LogP contribution in [-0.4, -0.2) is 42.0 Å². The highest BCUT2D eigenvalue weighted by Gasteiger charge is 2.19. The lowest BCUT2D eigenvalue weighted by Gasteiger charge is -2.36. The third-order valence-corrected chi connectivity index (χ3v) is 6.47. The fourth-order valence-electron chi connectivity index (χ4n) is 3.71. The first-order chi connectivity index (χ1) is 14.6. The van der Waals surface area contributed by atoms with Gasteiger partial charge in [-0.15, -0.1) is 11.3 Å². The van der Waals surface area contributed by atoms with Gasteiger partial charge in [-0.1, -0.05) is 24.3 Å². The van der Waals surface area contributed by atoms with Crippen molar-refractivity contribution in [1.29, 1.82) is 0 Å². The van der Waals surface area contributed by atoms with Crippen LogP contribution >= 0.6 is 11.3 Å². The number of hydrogen-bond donors (Lipinski definition) is 2. The van der Waals surface area contributed by atoms with E-state index in [4.69, 9.17) is 0 Å². The van der Waals surface area contributed by atoms with Gasteiger partial charge in [-0.05, 0) is 42.6 Å². The molecule has 156 valence electrons. The maximum absolute atomic E-state index is 12.5. The smallest absolute Gasteiger partial charge is 0.261 e. The first kappa shape index (κ1) is 20.4. The van der Waals surface area contributed by atoms with E-state index in [-0.39, 0.29) is 23.1 Å². The first-order valence-corrected chi connectivity index (χ1v) is 11.1. The number of benzene rings is 1. The van der Waals surface area contributed by atoms with Gasteiger partial charge in [0.2, 0.25) is 0 Å². The Kier molecular flexibility index (Phi) is 6.30. The number of pyridine rings is 1. The zero-order valence-electron chi connectivity index (χ0n) is 17.0. The van der Waals surface area contributed by atoms with Gasteiger partial charge in [-0.2, -0.15) is 0 Å². The molecule has 1 saturated heterocycles. The van der Waals surface area contributed by atoms with Crippen LogP contribution in [0.2, 0.25) is 0 Å². The molecule has 3 heterocycles. The van der Waals surface area contributed by atoms with E-state index in [1.54, 1.807) is 17.4 Å². The third kappa shape index (κ3) is 4.80. The summed E-state index contributed by atoms with van der Waals surface area (Å²) in [6, 6.07) is 17.7. The molecule has 30 heavy (non-hydrogen) atoms. The summed E-state index contributed by atoms with van der Waals surface area (Å²) in [5.74, 6) is -0.347. The maximum atomic E-state index is 12.5. The number of para-hydroxylation sites is 1. The number of H-pyrrole nitrogens is 1. The van der Waals surface area contributed by atoms with Crippen molar-refractivity contribution in [3.63, 3.8) is 0 Å². The minimum absolute atomic E-state index is 0.127. The van der Waals surface area contributed by atoms with Crippen LogP contribution in [-0.2, 0) is 6.54 Å². The molecule has 1 fully saturated rings. The molecule has 4 rings (SSSR count). The lowest BCUT2D eigenvalue weighted by Crippen LogP contribution is -2.46. The van der Waals surface area contributed by atoms with Crippen molar-refractivity contribution >= 4 is 22.9 Å². The molecule has 6 nitrogen and oxygen atoms in total. The predicted octanol–water partition coefficient (Wildman–Crippen LogP) is 3.25. The van der Waals surface area contributed by atoms with Crippen LogP contribution in [0, 0.1) is 0 Å². The Bertz CT molecular complexity index is 1020. The topological polar surface area (TPSA) is 68.4 Å². The fraction of sp³-hybridized carbons (Fsp3) is 0.304. The van der Waals surface area contributed by atoms with Crippen molar-refractivity contribution in [3.8, 4) is 0 Å². The second kappa shape index (κ2) is 9.28. The zero-order chi connectivity index (χ0) is 20.9. The van der Waals surface area contributed by atoms with E-state index in [0.29, 0.717) is 6.54 Å². The summed E-state index contributed by atoms with van der Waals surface area (Å²) < 4.78 is 0. The largest absolute Gasteiger partial charge is 0.369 e. The number of thiophene rings is 1. The van der Waals surface area contributed by atoms with Gasteiger partial charge in [0.25, 0.3) is 11.5 Å². The van der Waals surface area contributed by atoms with Crippen LogP contribution in [0.4, 0.5) is 5.69 Å². The molecule has 1 atom stereocenters.